The Morgan fingerprint density at radius 3 is 2.71 bits per heavy atom. The molecule has 0 bridgehead atoms. The van der Waals surface area contributed by atoms with Gasteiger partial charge in [0.05, 0.1) is 13.7 Å². The number of benzene rings is 1. The second kappa shape index (κ2) is 8.92. The normalized spacial score (nSPS) is 16.7. The van der Waals surface area contributed by atoms with Gasteiger partial charge in [0, 0.05) is 24.7 Å². The maximum absolute atomic E-state index is 12.2. The molecule has 134 valence electrons. The SMILES string of the molecule is CCCNCc1cc2c(cc1OC)CN(C(=O)OCC)C(CC)C2. The zero-order valence-corrected chi connectivity index (χ0v) is 15.4. The first-order valence-corrected chi connectivity index (χ1v) is 8.97. The third kappa shape index (κ3) is 4.20. The second-order valence-corrected chi connectivity index (χ2v) is 6.20. The van der Waals surface area contributed by atoms with Gasteiger partial charge in [0.1, 0.15) is 5.75 Å². The van der Waals surface area contributed by atoms with Crippen molar-refractivity contribution in [1.29, 1.82) is 0 Å². The zero-order valence-electron chi connectivity index (χ0n) is 15.4. The second-order valence-electron chi connectivity index (χ2n) is 6.20. The van der Waals surface area contributed by atoms with E-state index < -0.39 is 0 Å². The average molecular weight is 334 g/mol. The monoisotopic (exact) mass is 334 g/mol. The number of hydrogen-bond donors (Lipinski definition) is 1. The van der Waals surface area contributed by atoms with Crippen LogP contribution in [0.2, 0.25) is 0 Å². The van der Waals surface area contributed by atoms with Crippen LogP contribution < -0.4 is 10.1 Å². The fourth-order valence-electron chi connectivity index (χ4n) is 3.24. The lowest BCUT2D eigenvalue weighted by atomic mass is 9.91. The molecule has 0 aromatic heterocycles. The van der Waals surface area contributed by atoms with E-state index in [2.05, 4.69) is 31.3 Å². The molecule has 5 heteroatoms. The van der Waals surface area contributed by atoms with Gasteiger partial charge in [-0.1, -0.05) is 19.9 Å². The van der Waals surface area contributed by atoms with Crippen molar-refractivity contribution in [3.63, 3.8) is 0 Å². The largest absolute Gasteiger partial charge is 0.496 e. The van der Waals surface area contributed by atoms with Crippen molar-refractivity contribution < 1.29 is 14.3 Å². The molecule has 1 aliphatic heterocycles. The van der Waals surface area contributed by atoms with Crippen molar-refractivity contribution in [2.45, 2.75) is 59.2 Å². The van der Waals surface area contributed by atoms with Crippen LogP contribution in [0.5, 0.6) is 5.75 Å². The first kappa shape index (κ1) is 18.6. The van der Waals surface area contributed by atoms with Crippen molar-refractivity contribution in [3.8, 4) is 5.75 Å². The standard InChI is InChI=1S/C19H30N2O3/c1-5-8-20-12-15-9-14-10-17(6-2)21(19(22)24-7-3)13-16(14)11-18(15)23-4/h9,11,17,20H,5-8,10,12-13H2,1-4H3. The van der Waals surface area contributed by atoms with Gasteiger partial charge in [-0.2, -0.15) is 0 Å². The summed E-state index contributed by atoms with van der Waals surface area (Å²) in [5.74, 6) is 0.885. The number of hydrogen-bond acceptors (Lipinski definition) is 4. The number of nitrogens with zero attached hydrogens (tertiary/aromatic N) is 1. The summed E-state index contributed by atoms with van der Waals surface area (Å²) in [7, 11) is 1.70. The van der Waals surface area contributed by atoms with Crippen molar-refractivity contribution in [1.82, 2.24) is 10.2 Å². The van der Waals surface area contributed by atoms with Gasteiger partial charge >= 0.3 is 6.09 Å². The summed E-state index contributed by atoms with van der Waals surface area (Å²) in [6, 6.07) is 4.51. The van der Waals surface area contributed by atoms with Crippen LogP contribution >= 0.6 is 0 Å². The Balaban J connectivity index is 2.25. The minimum atomic E-state index is -0.220. The maximum atomic E-state index is 12.2. The van der Waals surface area contributed by atoms with E-state index in [4.69, 9.17) is 9.47 Å². The van der Waals surface area contributed by atoms with E-state index in [1.54, 1.807) is 7.11 Å². The fourth-order valence-corrected chi connectivity index (χ4v) is 3.24. The molecule has 0 radical (unpaired) electrons. The summed E-state index contributed by atoms with van der Waals surface area (Å²) in [4.78, 5) is 14.1. The van der Waals surface area contributed by atoms with Gasteiger partial charge in [-0.25, -0.2) is 4.79 Å². The Morgan fingerprint density at radius 1 is 1.29 bits per heavy atom. The van der Waals surface area contributed by atoms with Gasteiger partial charge in [-0.15, -0.1) is 0 Å². The summed E-state index contributed by atoms with van der Waals surface area (Å²) in [5.41, 5.74) is 3.66. The highest BCUT2D eigenvalue weighted by Crippen LogP contribution is 2.31. The van der Waals surface area contributed by atoms with E-state index in [0.29, 0.717) is 13.2 Å². The summed E-state index contributed by atoms with van der Waals surface area (Å²) >= 11 is 0. The molecule has 1 heterocycles. The van der Waals surface area contributed by atoms with Crippen LogP contribution in [0, 0.1) is 0 Å². The number of ether oxygens (including phenoxy) is 2. The van der Waals surface area contributed by atoms with E-state index in [1.165, 1.54) is 11.1 Å². The van der Waals surface area contributed by atoms with E-state index in [0.717, 1.165) is 43.7 Å². The predicted octanol–water partition coefficient (Wildman–Crippen LogP) is 3.49. The van der Waals surface area contributed by atoms with Gasteiger partial charge in [-0.05, 0) is 49.9 Å². The molecule has 0 saturated heterocycles. The van der Waals surface area contributed by atoms with Gasteiger partial charge in [0.15, 0.2) is 0 Å². The van der Waals surface area contributed by atoms with Crippen LogP contribution in [0.4, 0.5) is 4.79 Å². The number of fused-ring (bicyclic) bond motifs is 1. The smallest absolute Gasteiger partial charge is 0.410 e. The van der Waals surface area contributed by atoms with E-state index in [9.17, 15) is 4.79 Å². The lowest BCUT2D eigenvalue weighted by Crippen LogP contribution is -2.44. The molecule has 0 saturated carbocycles. The Kier molecular flexibility index (Phi) is 6.91. The molecule has 1 atom stereocenters. The molecule has 24 heavy (non-hydrogen) atoms. The topological polar surface area (TPSA) is 50.8 Å². The number of carbonyl (C=O) groups excluding carboxylic acids is 1. The van der Waals surface area contributed by atoms with Gasteiger partial charge in [-0.3, -0.25) is 0 Å². The van der Waals surface area contributed by atoms with Crippen LogP contribution in [0.1, 0.15) is 50.3 Å². The lowest BCUT2D eigenvalue weighted by molar-refractivity contribution is 0.0813. The Bertz CT molecular complexity index is 560. The molecule has 1 unspecified atom stereocenters. The van der Waals surface area contributed by atoms with Crippen LogP contribution in [-0.2, 0) is 24.2 Å². The molecule has 0 fully saturated rings. The third-order valence-electron chi connectivity index (χ3n) is 4.56. The number of carbonyl (C=O) groups is 1. The summed E-state index contributed by atoms with van der Waals surface area (Å²) in [6.45, 7) is 8.92. The molecule has 0 spiro atoms. The molecule has 0 aliphatic carbocycles. The van der Waals surface area contributed by atoms with Crippen molar-refractivity contribution in [2.24, 2.45) is 0 Å². The predicted molar refractivity (Wildman–Crippen MR) is 95.3 cm³/mol. The molecule has 5 nitrogen and oxygen atoms in total. The zero-order chi connectivity index (χ0) is 17.5. The number of nitrogens with one attached hydrogen (secondary N) is 1. The molecule has 2 rings (SSSR count). The van der Waals surface area contributed by atoms with E-state index >= 15 is 0 Å². The first-order valence-electron chi connectivity index (χ1n) is 8.97. The Labute approximate surface area is 145 Å². The highest BCUT2D eigenvalue weighted by atomic mass is 16.6. The molecule has 1 amide bonds. The van der Waals surface area contributed by atoms with Gasteiger partial charge < -0.3 is 19.7 Å². The Hall–Kier alpha value is -1.75. The number of amides is 1. The van der Waals surface area contributed by atoms with Crippen LogP contribution in [-0.4, -0.2) is 37.3 Å². The van der Waals surface area contributed by atoms with Crippen LogP contribution in [0.3, 0.4) is 0 Å². The number of methoxy groups -OCH3 is 1. The minimum Gasteiger partial charge on any atom is -0.496 e. The summed E-state index contributed by atoms with van der Waals surface area (Å²) < 4.78 is 10.8. The molecular formula is C19H30N2O3. The van der Waals surface area contributed by atoms with Crippen molar-refractivity contribution >= 4 is 6.09 Å². The quantitative estimate of drug-likeness (QED) is 0.776. The van der Waals surface area contributed by atoms with Crippen molar-refractivity contribution in [2.75, 3.05) is 20.3 Å². The molecular weight excluding hydrogens is 304 g/mol. The van der Waals surface area contributed by atoms with Gasteiger partial charge in [0.25, 0.3) is 0 Å². The van der Waals surface area contributed by atoms with Crippen LogP contribution in [0.15, 0.2) is 12.1 Å². The first-order chi connectivity index (χ1) is 11.6. The highest BCUT2D eigenvalue weighted by molar-refractivity contribution is 5.69. The van der Waals surface area contributed by atoms with E-state index in [-0.39, 0.29) is 12.1 Å². The average Bonchev–Trinajstić information content (AvgIpc) is 2.60. The highest BCUT2D eigenvalue weighted by Gasteiger charge is 2.30. The number of rotatable bonds is 7. The Morgan fingerprint density at radius 2 is 2.08 bits per heavy atom. The van der Waals surface area contributed by atoms with E-state index in [1.807, 2.05) is 11.8 Å². The minimum absolute atomic E-state index is 0.196. The molecule has 1 aliphatic rings. The summed E-state index contributed by atoms with van der Waals surface area (Å²) in [6.07, 6.45) is 2.69. The maximum Gasteiger partial charge on any atom is 0.410 e. The lowest BCUT2D eigenvalue weighted by Gasteiger charge is -2.36. The molecule has 1 aromatic carbocycles. The molecule has 1 N–H and O–H groups in total. The fraction of sp³-hybridized carbons (Fsp3) is 0.632. The molecule has 1 aromatic rings. The van der Waals surface area contributed by atoms with Crippen molar-refractivity contribution in [3.05, 3.63) is 28.8 Å². The summed E-state index contributed by atoms with van der Waals surface area (Å²) in [5, 5.41) is 3.44. The van der Waals surface area contributed by atoms with Crippen LogP contribution in [0.25, 0.3) is 0 Å². The van der Waals surface area contributed by atoms with Gasteiger partial charge in [0.2, 0.25) is 0 Å². The third-order valence-corrected chi connectivity index (χ3v) is 4.56.